The van der Waals surface area contributed by atoms with Crippen molar-refractivity contribution in [3.63, 3.8) is 0 Å². The van der Waals surface area contributed by atoms with E-state index in [4.69, 9.17) is 21.1 Å². The number of hydrogen-bond donors (Lipinski definition) is 1. The fraction of sp³-hybridized carbons (Fsp3) is 0.400. The lowest BCUT2D eigenvalue weighted by Crippen LogP contribution is -2.47. The minimum Gasteiger partial charge on any atom is -0.496 e. The Labute approximate surface area is 198 Å². The first-order chi connectivity index (χ1) is 15.9. The van der Waals surface area contributed by atoms with Crippen LogP contribution in [0.15, 0.2) is 53.9 Å². The lowest BCUT2D eigenvalue weighted by molar-refractivity contribution is -0.139. The fourth-order valence-electron chi connectivity index (χ4n) is 4.87. The number of carbonyl (C=O) groups excluding carboxylic acids is 1. The van der Waals surface area contributed by atoms with Gasteiger partial charge in [-0.2, -0.15) is 0 Å². The van der Waals surface area contributed by atoms with Crippen LogP contribution < -0.4 is 4.74 Å². The second kappa shape index (κ2) is 9.93. The molecule has 2 aliphatic heterocycles. The quantitative estimate of drug-likeness (QED) is 0.614. The summed E-state index contributed by atoms with van der Waals surface area (Å²) in [7, 11) is 1.58. The van der Waals surface area contributed by atoms with Crippen LogP contribution in [-0.2, 0) is 20.7 Å². The van der Waals surface area contributed by atoms with Crippen LogP contribution in [0.25, 0.3) is 0 Å². The van der Waals surface area contributed by atoms with E-state index in [9.17, 15) is 14.7 Å². The summed E-state index contributed by atoms with van der Waals surface area (Å²) >= 11 is 5.99. The number of carboxylic acid groups (broad SMARTS) is 1. The number of carboxylic acids is 1. The third kappa shape index (κ3) is 4.75. The summed E-state index contributed by atoms with van der Waals surface area (Å²) in [5.74, 6) is -1.85. The van der Waals surface area contributed by atoms with Gasteiger partial charge in [-0.25, -0.2) is 9.78 Å². The van der Waals surface area contributed by atoms with E-state index in [1.807, 2.05) is 24.3 Å². The van der Waals surface area contributed by atoms with Crippen LogP contribution in [0.4, 0.5) is 0 Å². The number of methoxy groups -OCH3 is 1. The molecule has 2 aliphatic rings. The minimum atomic E-state index is -1.05. The van der Waals surface area contributed by atoms with E-state index in [-0.39, 0.29) is 17.6 Å². The smallest absolute Gasteiger partial charge is 0.333 e. The topological polar surface area (TPSA) is 89.0 Å². The summed E-state index contributed by atoms with van der Waals surface area (Å²) < 4.78 is 11.3. The van der Waals surface area contributed by atoms with Crippen molar-refractivity contribution in [3.05, 3.63) is 70.1 Å². The number of carbonyl (C=O) groups is 2. The molecule has 1 N–H and O–H groups in total. The lowest BCUT2D eigenvalue weighted by Gasteiger charge is -2.40. The maximum atomic E-state index is 13.9. The van der Waals surface area contributed by atoms with Crippen LogP contribution in [0.1, 0.15) is 36.8 Å². The standard InChI is InChI=1S/C25H27ClN2O5/c1-15-22(25(30)31)23(17-9-10-21(26)27-13-17)19(12-16-6-3-4-8-20(16)32-2)24(29)28(15)14-18-7-5-11-33-18/h3-4,6,8-10,13,18-19,23H,5,7,11-12,14H2,1-2H3,(H,30,31)/t18-,19?,23-/m1/s1. The molecule has 1 aromatic heterocycles. The average molecular weight is 471 g/mol. The molecule has 8 heteroatoms. The highest BCUT2D eigenvalue weighted by Gasteiger charge is 2.45. The van der Waals surface area contributed by atoms with E-state index in [2.05, 4.69) is 4.98 Å². The predicted molar refractivity (Wildman–Crippen MR) is 123 cm³/mol. The molecule has 2 aromatic rings. The number of hydrogen-bond acceptors (Lipinski definition) is 5. The lowest BCUT2D eigenvalue weighted by atomic mass is 9.74. The minimum absolute atomic E-state index is 0.0976. The van der Waals surface area contributed by atoms with Crippen LogP contribution in [0.2, 0.25) is 5.15 Å². The van der Waals surface area contributed by atoms with E-state index < -0.39 is 17.8 Å². The number of amides is 1. The van der Waals surface area contributed by atoms with Crippen LogP contribution >= 0.6 is 11.6 Å². The Morgan fingerprint density at radius 2 is 2.09 bits per heavy atom. The molecule has 0 spiro atoms. The van der Waals surface area contributed by atoms with Crippen molar-refractivity contribution in [3.8, 4) is 5.75 Å². The Hall–Kier alpha value is -2.90. The van der Waals surface area contributed by atoms with Crippen molar-refractivity contribution in [1.29, 1.82) is 0 Å². The number of aromatic nitrogens is 1. The monoisotopic (exact) mass is 470 g/mol. The Bertz CT molecular complexity index is 1060. The number of para-hydroxylation sites is 1. The van der Waals surface area contributed by atoms with Crippen LogP contribution in [0.3, 0.4) is 0 Å². The maximum absolute atomic E-state index is 13.9. The first-order valence-corrected chi connectivity index (χ1v) is 11.4. The van der Waals surface area contributed by atoms with Gasteiger partial charge in [-0.1, -0.05) is 35.9 Å². The molecule has 1 aromatic carbocycles. The molecular formula is C25H27ClN2O5. The van der Waals surface area contributed by atoms with Crippen molar-refractivity contribution < 1.29 is 24.2 Å². The Morgan fingerprint density at radius 1 is 1.30 bits per heavy atom. The summed E-state index contributed by atoms with van der Waals surface area (Å²) in [4.78, 5) is 32.2. The zero-order valence-corrected chi connectivity index (χ0v) is 19.4. The van der Waals surface area contributed by atoms with Crippen LogP contribution in [-0.4, -0.2) is 53.2 Å². The second-order valence-electron chi connectivity index (χ2n) is 8.40. The van der Waals surface area contributed by atoms with Gasteiger partial charge in [-0.15, -0.1) is 0 Å². The van der Waals surface area contributed by atoms with E-state index in [1.165, 1.54) is 0 Å². The number of rotatable bonds is 7. The summed E-state index contributed by atoms with van der Waals surface area (Å²) in [5.41, 5.74) is 2.11. The van der Waals surface area contributed by atoms with Crippen molar-refractivity contribution in [2.24, 2.45) is 5.92 Å². The van der Waals surface area contributed by atoms with Gasteiger partial charge < -0.3 is 19.5 Å². The zero-order chi connectivity index (χ0) is 23.5. The van der Waals surface area contributed by atoms with Gasteiger partial charge in [0.05, 0.1) is 31.2 Å². The Kier molecular flexibility index (Phi) is 7.00. The number of halogens is 1. The normalized spacial score (nSPS) is 23.2. The van der Waals surface area contributed by atoms with Gasteiger partial charge in [0, 0.05) is 24.4 Å². The summed E-state index contributed by atoms with van der Waals surface area (Å²) in [5, 5.41) is 10.6. The van der Waals surface area contributed by atoms with Gasteiger partial charge in [0.25, 0.3) is 0 Å². The van der Waals surface area contributed by atoms with Crippen molar-refractivity contribution in [2.75, 3.05) is 20.3 Å². The molecule has 33 heavy (non-hydrogen) atoms. The van der Waals surface area contributed by atoms with Crippen molar-refractivity contribution in [2.45, 2.75) is 38.2 Å². The Balaban J connectivity index is 1.82. The number of benzene rings is 1. The first kappa shape index (κ1) is 23.3. The molecule has 1 amide bonds. The van der Waals surface area contributed by atoms with E-state index in [1.54, 1.807) is 37.3 Å². The van der Waals surface area contributed by atoms with Crippen molar-refractivity contribution in [1.82, 2.24) is 9.88 Å². The molecule has 1 saturated heterocycles. The number of nitrogens with zero attached hydrogens (tertiary/aromatic N) is 2. The SMILES string of the molecule is COc1ccccc1CC1C(=O)N(C[C@H]2CCCO2)C(C)=C(C(=O)O)[C@@H]1c1ccc(Cl)nc1. The number of pyridine rings is 1. The number of aliphatic carboxylic acids is 1. The molecule has 4 rings (SSSR count). The third-order valence-corrected chi connectivity index (χ3v) is 6.70. The predicted octanol–water partition coefficient (Wildman–Crippen LogP) is 4.07. The van der Waals surface area contributed by atoms with Crippen molar-refractivity contribution >= 4 is 23.5 Å². The molecular weight excluding hydrogens is 444 g/mol. The second-order valence-corrected chi connectivity index (χ2v) is 8.79. The Morgan fingerprint density at radius 3 is 2.73 bits per heavy atom. The largest absolute Gasteiger partial charge is 0.496 e. The van der Waals surface area contributed by atoms with Gasteiger partial charge in [-0.3, -0.25) is 4.79 Å². The molecule has 0 aliphatic carbocycles. The molecule has 7 nitrogen and oxygen atoms in total. The first-order valence-electron chi connectivity index (χ1n) is 11.0. The van der Waals surface area contributed by atoms with E-state index >= 15 is 0 Å². The van der Waals surface area contributed by atoms with Gasteiger partial charge in [0.1, 0.15) is 10.9 Å². The molecule has 3 heterocycles. The van der Waals surface area contributed by atoms with E-state index in [0.29, 0.717) is 41.7 Å². The molecule has 0 bridgehead atoms. The molecule has 3 atom stereocenters. The molecule has 0 saturated carbocycles. The average Bonchev–Trinajstić information content (AvgIpc) is 3.32. The van der Waals surface area contributed by atoms with Gasteiger partial charge in [-0.05, 0) is 49.4 Å². The number of allylic oxidation sites excluding steroid dienone is 1. The molecule has 1 unspecified atom stereocenters. The van der Waals surface area contributed by atoms with Gasteiger partial charge in [0.15, 0.2) is 0 Å². The molecule has 1 fully saturated rings. The highest BCUT2D eigenvalue weighted by Crippen LogP contribution is 2.43. The molecule has 174 valence electrons. The summed E-state index contributed by atoms with van der Waals surface area (Å²) in [6.45, 7) is 2.70. The van der Waals surface area contributed by atoms with E-state index in [0.717, 1.165) is 18.4 Å². The van der Waals surface area contributed by atoms with Gasteiger partial charge >= 0.3 is 5.97 Å². The van der Waals surface area contributed by atoms with Crippen LogP contribution in [0, 0.1) is 5.92 Å². The summed E-state index contributed by atoms with van der Waals surface area (Å²) in [6.07, 6.45) is 3.56. The zero-order valence-electron chi connectivity index (χ0n) is 18.7. The number of ether oxygens (including phenoxy) is 2. The maximum Gasteiger partial charge on any atom is 0.333 e. The van der Waals surface area contributed by atoms with Crippen LogP contribution in [0.5, 0.6) is 5.75 Å². The third-order valence-electron chi connectivity index (χ3n) is 6.47. The highest BCUT2D eigenvalue weighted by atomic mass is 35.5. The molecule has 0 radical (unpaired) electrons. The fourth-order valence-corrected chi connectivity index (χ4v) is 4.98. The summed E-state index contributed by atoms with van der Waals surface area (Å²) in [6, 6.07) is 10.9. The van der Waals surface area contributed by atoms with Gasteiger partial charge in [0.2, 0.25) is 5.91 Å². The highest BCUT2D eigenvalue weighted by molar-refractivity contribution is 6.29.